The van der Waals surface area contributed by atoms with Gasteiger partial charge in [0.05, 0.1) is 28.1 Å². The number of para-hydroxylation sites is 1. The maximum Gasteiger partial charge on any atom is 0.284 e. The van der Waals surface area contributed by atoms with Crippen LogP contribution in [0.25, 0.3) is 6.08 Å². The first kappa shape index (κ1) is 18.3. The van der Waals surface area contributed by atoms with Gasteiger partial charge in [-0.05, 0) is 51.5 Å². The van der Waals surface area contributed by atoms with Gasteiger partial charge in [0.1, 0.15) is 11.5 Å². The van der Waals surface area contributed by atoms with E-state index < -0.39 is 10.6 Å². The maximum absolute atomic E-state index is 11.6. The summed E-state index contributed by atoms with van der Waals surface area (Å²) in [6, 6.07) is 11.4. The van der Waals surface area contributed by atoms with Crippen LogP contribution >= 0.6 is 0 Å². The zero-order valence-electron chi connectivity index (χ0n) is 16.7. The summed E-state index contributed by atoms with van der Waals surface area (Å²) in [6.07, 6.45) is 3.64. The Labute approximate surface area is 164 Å². The summed E-state index contributed by atoms with van der Waals surface area (Å²) in [5.41, 5.74) is 1.56. The summed E-state index contributed by atoms with van der Waals surface area (Å²) in [7, 11) is 1.99. The van der Waals surface area contributed by atoms with E-state index >= 15 is 0 Å². The Kier molecular flexibility index (Phi) is 3.93. The highest BCUT2D eigenvalue weighted by atomic mass is 16.6. The quantitative estimate of drug-likeness (QED) is 0.559. The van der Waals surface area contributed by atoms with Crippen LogP contribution in [0.5, 0.6) is 11.5 Å². The van der Waals surface area contributed by atoms with Crippen molar-refractivity contribution >= 4 is 17.5 Å². The fourth-order valence-corrected chi connectivity index (χ4v) is 4.33. The molecule has 2 heterocycles. The summed E-state index contributed by atoms with van der Waals surface area (Å²) in [5, 5.41) is 11.6. The molecule has 2 aromatic rings. The van der Waals surface area contributed by atoms with Crippen molar-refractivity contribution in [3.63, 3.8) is 0 Å². The second-order valence-corrected chi connectivity index (χ2v) is 8.11. The molecule has 0 fully saturated rings. The summed E-state index contributed by atoms with van der Waals surface area (Å²) in [4.78, 5) is 13.4. The second kappa shape index (κ2) is 5.99. The van der Waals surface area contributed by atoms with Crippen LogP contribution in [0.15, 0.2) is 42.5 Å². The molecule has 6 heteroatoms. The van der Waals surface area contributed by atoms with E-state index in [9.17, 15) is 10.1 Å². The maximum atomic E-state index is 11.6. The molecule has 0 bridgehead atoms. The Bertz CT molecular complexity index is 996. The van der Waals surface area contributed by atoms with Gasteiger partial charge in [-0.3, -0.25) is 10.1 Å². The van der Waals surface area contributed by atoms with E-state index in [0.717, 1.165) is 5.69 Å². The van der Waals surface area contributed by atoms with Gasteiger partial charge in [0, 0.05) is 18.8 Å². The topological polar surface area (TPSA) is 64.8 Å². The molecule has 0 unspecified atom stereocenters. The first-order valence-electron chi connectivity index (χ1n) is 9.38. The van der Waals surface area contributed by atoms with E-state index in [2.05, 4.69) is 30.9 Å². The van der Waals surface area contributed by atoms with Crippen LogP contribution in [0.1, 0.15) is 38.8 Å². The normalized spacial score (nSPS) is 21.4. The molecular formula is C22H24N2O4. The minimum atomic E-state index is -0.784. The molecule has 1 atom stereocenters. The summed E-state index contributed by atoms with van der Waals surface area (Å²) < 4.78 is 12.3. The lowest BCUT2D eigenvalue weighted by Crippen LogP contribution is -2.58. The van der Waals surface area contributed by atoms with E-state index in [0.29, 0.717) is 17.1 Å². The molecule has 146 valence electrons. The third-order valence-corrected chi connectivity index (χ3v) is 5.74. The second-order valence-electron chi connectivity index (χ2n) is 8.11. The predicted molar refractivity (Wildman–Crippen MR) is 109 cm³/mol. The van der Waals surface area contributed by atoms with Crippen LogP contribution in [0.3, 0.4) is 0 Å². The molecule has 2 aliphatic rings. The largest absolute Gasteiger partial charge is 0.491 e. The van der Waals surface area contributed by atoms with Crippen LogP contribution in [-0.2, 0) is 5.41 Å². The number of ether oxygens (including phenoxy) is 2. The molecule has 0 saturated heterocycles. The standard InChI is InChI=1S/C22H24N2O4/c1-14(2)27-15-12-19(24(25)26)16-10-11-22(28-20(16)13-15)21(3,4)17-8-6-7-9-18(17)23(22)5/h6-14H,1-5H3/t22-/m1/s1. The van der Waals surface area contributed by atoms with Gasteiger partial charge in [-0.1, -0.05) is 18.2 Å². The SMILES string of the molecule is CC(C)Oc1cc2c(c([N+](=O)[O-])c1)C=C[C@]1(O2)N(C)c2ccccc2C1(C)C. The van der Waals surface area contributed by atoms with Crippen molar-refractivity contribution in [2.45, 2.75) is 44.9 Å². The number of likely N-dealkylation sites (N-methyl/N-ethyl adjacent to an activating group) is 1. The summed E-state index contributed by atoms with van der Waals surface area (Å²) in [5.74, 6) is 0.891. The Hall–Kier alpha value is -3.02. The fourth-order valence-electron chi connectivity index (χ4n) is 4.33. The third-order valence-electron chi connectivity index (χ3n) is 5.74. The lowest BCUT2D eigenvalue weighted by Gasteiger charge is -2.45. The van der Waals surface area contributed by atoms with Gasteiger partial charge in [-0.15, -0.1) is 0 Å². The van der Waals surface area contributed by atoms with Crippen molar-refractivity contribution in [3.05, 3.63) is 63.7 Å². The van der Waals surface area contributed by atoms with E-state index in [1.807, 2.05) is 39.1 Å². The average molecular weight is 380 g/mol. The fraction of sp³-hybridized carbons (Fsp3) is 0.364. The number of nitro benzene ring substituents is 1. The minimum absolute atomic E-state index is 0.0183. The highest BCUT2D eigenvalue weighted by molar-refractivity contribution is 5.76. The van der Waals surface area contributed by atoms with Crippen LogP contribution < -0.4 is 14.4 Å². The van der Waals surface area contributed by atoms with Crippen LogP contribution in [0.2, 0.25) is 0 Å². The number of fused-ring (bicyclic) bond motifs is 2. The number of hydrogen-bond donors (Lipinski definition) is 0. The van der Waals surface area contributed by atoms with Crippen molar-refractivity contribution in [2.24, 2.45) is 0 Å². The Morgan fingerprint density at radius 3 is 2.57 bits per heavy atom. The number of anilines is 1. The molecule has 1 spiro atoms. The van der Waals surface area contributed by atoms with Gasteiger partial charge in [-0.25, -0.2) is 0 Å². The average Bonchev–Trinajstić information content (AvgIpc) is 2.79. The molecule has 4 rings (SSSR count). The Morgan fingerprint density at radius 1 is 1.21 bits per heavy atom. The van der Waals surface area contributed by atoms with Gasteiger partial charge in [-0.2, -0.15) is 0 Å². The van der Waals surface area contributed by atoms with Crippen LogP contribution in [-0.4, -0.2) is 23.8 Å². The molecule has 6 nitrogen and oxygen atoms in total. The number of rotatable bonds is 3. The highest BCUT2D eigenvalue weighted by Gasteiger charge is 2.57. The molecule has 0 aliphatic carbocycles. The minimum Gasteiger partial charge on any atom is -0.491 e. The first-order valence-corrected chi connectivity index (χ1v) is 9.38. The van der Waals surface area contributed by atoms with E-state index in [1.54, 1.807) is 12.1 Å². The van der Waals surface area contributed by atoms with Gasteiger partial charge in [0.15, 0.2) is 0 Å². The molecule has 2 aromatic carbocycles. The molecule has 0 N–H and O–H groups in total. The zero-order valence-corrected chi connectivity index (χ0v) is 16.7. The van der Waals surface area contributed by atoms with Crippen molar-refractivity contribution in [3.8, 4) is 11.5 Å². The molecule has 2 aliphatic heterocycles. The smallest absolute Gasteiger partial charge is 0.284 e. The van der Waals surface area contributed by atoms with Crippen molar-refractivity contribution in [2.75, 3.05) is 11.9 Å². The molecule has 28 heavy (non-hydrogen) atoms. The molecule has 0 aromatic heterocycles. The van der Waals surface area contributed by atoms with Crippen LogP contribution in [0, 0.1) is 10.1 Å². The molecule has 0 saturated carbocycles. The van der Waals surface area contributed by atoms with Gasteiger partial charge in [0.2, 0.25) is 5.72 Å². The lowest BCUT2D eigenvalue weighted by atomic mass is 9.76. The van der Waals surface area contributed by atoms with Gasteiger partial charge >= 0.3 is 0 Å². The lowest BCUT2D eigenvalue weighted by molar-refractivity contribution is -0.385. The first-order chi connectivity index (χ1) is 13.2. The van der Waals surface area contributed by atoms with Gasteiger partial charge in [0.25, 0.3) is 5.69 Å². The van der Waals surface area contributed by atoms with E-state index in [4.69, 9.17) is 9.47 Å². The number of benzene rings is 2. The van der Waals surface area contributed by atoms with E-state index in [1.165, 1.54) is 11.6 Å². The highest BCUT2D eigenvalue weighted by Crippen LogP contribution is 2.55. The molecule has 0 amide bonds. The van der Waals surface area contributed by atoms with Crippen molar-refractivity contribution < 1.29 is 14.4 Å². The number of nitro groups is 1. The number of nitrogens with zero attached hydrogens (tertiary/aromatic N) is 2. The Balaban J connectivity index is 1.87. The van der Waals surface area contributed by atoms with Crippen molar-refractivity contribution in [1.82, 2.24) is 0 Å². The Morgan fingerprint density at radius 2 is 1.93 bits per heavy atom. The summed E-state index contributed by atoms with van der Waals surface area (Å²) in [6.45, 7) is 8.04. The van der Waals surface area contributed by atoms with E-state index in [-0.39, 0.29) is 17.2 Å². The monoisotopic (exact) mass is 380 g/mol. The number of hydrogen-bond acceptors (Lipinski definition) is 5. The predicted octanol–water partition coefficient (Wildman–Crippen LogP) is 4.91. The third kappa shape index (κ3) is 2.40. The van der Waals surface area contributed by atoms with Crippen molar-refractivity contribution in [1.29, 1.82) is 0 Å². The van der Waals surface area contributed by atoms with Gasteiger partial charge < -0.3 is 14.4 Å². The van der Waals surface area contributed by atoms with Crippen LogP contribution in [0.4, 0.5) is 11.4 Å². The zero-order chi connectivity index (χ0) is 20.3. The molecular weight excluding hydrogens is 356 g/mol. The summed E-state index contributed by atoms with van der Waals surface area (Å²) >= 11 is 0. The molecule has 0 radical (unpaired) electrons.